The Morgan fingerprint density at radius 2 is 0.953 bits per heavy atom. The number of quaternary nitrogens is 1. The molecule has 0 aromatic carbocycles. The fourth-order valence-corrected chi connectivity index (χ4v) is 5.74. The van der Waals surface area contributed by atoms with Crippen molar-refractivity contribution in [1.29, 1.82) is 0 Å². The van der Waals surface area contributed by atoms with Crippen LogP contribution in [-0.2, 0) is 32.7 Å². The van der Waals surface area contributed by atoms with E-state index in [1.165, 1.54) is 0 Å². The van der Waals surface area contributed by atoms with Gasteiger partial charge >= 0.3 is 19.8 Å². The average molecular weight is 911 g/mol. The third-order valence-electron chi connectivity index (χ3n) is 8.56. The van der Waals surface area contributed by atoms with Gasteiger partial charge in [-0.1, -0.05) is 160 Å². The third-order valence-corrected chi connectivity index (χ3v) is 9.54. The van der Waals surface area contributed by atoms with Gasteiger partial charge in [-0.3, -0.25) is 18.6 Å². The van der Waals surface area contributed by atoms with Crippen molar-refractivity contribution in [2.24, 2.45) is 0 Å². The average Bonchev–Trinajstić information content (AvgIpc) is 3.24. The zero-order valence-electron chi connectivity index (χ0n) is 39.4. The highest BCUT2D eigenvalue weighted by Gasteiger charge is 2.27. The number of nitrogens with zero attached hydrogens (tertiary/aromatic N) is 1. The number of aliphatic hydroxyl groups excluding tert-OH is 2. The van der Waals surface area contributed by atoms with Crippen molar-refractivity contribution in [2.75, 3.05) is 47.5 Å². The van der Waals surface area contributed by atoms with Gasteiger partial charge in [0.05, 0.1) is 40.0 Å². The van der Waals surface area contributed by atoms with E-state index < -0.39 is 44.7 Å². The highest BCUT2D eigenvalue weighted by Crippen LogP contribution is 2.43. The number of esters is 2. The van der Waals surface area contributed by atoms with Crippen LogP contribution in [0.25, 0.3) is 0 Å². The Morgan fingerprint density at radius 1 is 0.547 bits per heavy atom. The summed E-state index contributed by atoms with van der Waals surface area (Å²) in [6.45, 7) is 3.78. The fraction of sp³-hybridized carbons (Fsp3) is 0.500. The number of hydrogen-bond donors (Lipinski definition) is 3. The van der Waals surface area contributed by atoms with Gasteiger partial charge in [-0.2, -0.15) is 0 Å². The first kappa shape index (κ1) is 59.8. The highest BCUT2D eigenvalue weighted by molar-refractivity contribution is 7.47. The van der Waals surface area contributed by atoms with Crippen LogP contribution in [0.1, 0.15) is 104 Å². The normalized spacial score (nSPS) is 15.8. The minimum Gasteiger partial charge on any atom is -0.462 e. The van der Waals surface area contributed by atoms with E-state index in [2.05, 4.69) is 67.7 Å². The van der Waals surface area contributed by atoms with E-state index >= 15 is 0 Å². The fourth-order valence-electron chi connectivity index (χ4n) is 5.00. The second-order valence-electron chi connectivity index (χ2n) is 15.7. The molecule has 3 N–H and O–H groups in total. The van der Waals surface area contributed by atoms with Crippen LogP contribution < -0.4 is 0 Å². The molecule has 0 radical (unpaired) electrons. The largest absolute Gasteiger partial charge is 0.472 e. The number of phosphoric ester groups is 1. The van der Waals surface area contributed by atoms with E-state index in [-0.39, 0.29) is 26.1 Å². The lowest BCUT2D eigenvalue weighted by Gasteiger charge is -2.24. The van der Waals surface area contributed by atoms with Crippen LogP contribution in [0.3, 0.4) is 0 Å². The van der Waals surface area contributed by atoms with Gasteiger partial charge in [0.25, 0.3) is 0 Å². The maximum Gasteiger partial charge on any atom is 0.472 e. The van der Waals surface area contributed by atoms with E-state index in [4.69, 9.17) is 18.5 Å². The summed E-state index contributed by atoms with van der Waals surface area (Å²) < 4.78 is 34.1. The summed E-state index contributed by atoms with van der Waals surface area (Å²) in [6, 6.07) is 0. The van der Waals surface area contributed by atoms with Crippen molar-refractivity contribution < 1.29 is 52.3 Å². The van der Waals surface area contributed by atoms with Gasteiger partial charge in [0.1, 0.15) is 19.8 Å². The van der Waals surface area contributed by atoms with Crippen LogP contribution in [0.2, 0.25) is 0 Å². The second-order valence-corrected chi connectivity index (χ2v) is 17.2. The van der Waals surface area contributed by atoms with Gasteiger partial charge in [0, 0.05) is 12.8 Å². The molecule has 4 atom stereocenters. The monoisotopic (exact) mass is 911 g/mol. The molecule has 0 aromatic heterocycles. The summed E-state index contributed by atoms with van der Waals surface area (Å²) in [6.07, 6.45) is 54.2. The highest BCUT2D eigenvalue weighted by atomic mass is 31.2. The van der Waals surface area contributed by atoms with Gasteiger partial charge in [0.15, 0.2) is 6.10 Å². The van der Waals surface area contributed by atoms with Gasteiger partial charge in [0.2, 0.25) is 0 Å². The molecule has 12 heteroatoms. The van der Waals surface area contributed by atoms with E-state index in [1.807, 2.05) is 76.7 Å². The summed E-state index contributed by atoms with van der Waals surface area (Å²) in [5.41, 5.74) is 0. The van der Waals surface area contributed by atoms with Crippen LogP contribution in [0.5, 0.6) is 0 Å². The lowest BCUT2D eigenvalue weighted by Crippen LogP contribution is -2.37. The summed E-state index contributed by atoms with van der Waals surface area (Å²) in [4.78, 5) is 35.4. The Hall–Kier alpha value is -4.19. The maximum atomic E-state index is 12.7. The number of ether oxygens (including phenoxy) is 2. The lowest BCUT2D eigenvalue weighted by molar-refractivity contribution is -0.870. The number of rotatable bonds is 38. The molecule has 0 aliphatic heterocycles. The van der Waals surface area contributed by atoms with Crippen molar-refractivity contribution in [3.8, 4) is 0 Å². The summed E-state index contributed by atoms with van der Waals surface area (Å²) in [5, 5.41) is 20.0. The van der Waals surface area contributed by atoms with E-state index in [1.54, 1.807) is 36.5 Å². The minimum atomic E-state index is -4.45. The molecule has 0 spiro atoms. The van der Waals surface area contributed by atoms with Gasteiger partial charge in [-0.15, -0.1) is 0 Å². The summed E-state index contributed by atoms with van der Waals surface area (Å²) in [5.74, 6) is -1.08. The van der Waals surface area contributed by atoms with E-state index in [0.29, 0.717) is 43.1 Å². The molecule has 0 heterocycles. The van der Waals surface area contributed by atoms with E-state index in [0.717, 1.165) is 44.9 Å². The van der Waals surface area contributed by atoms with Gasteiger partial charge in [-0.25, -0.2) is 4.57 Å². The molecule has 0 bridgehead atoms. The first-order chi connectivity index (χ1) is 30.8. The Morgan fingerprint density at radius 3 is 1.42 bits per heavy atom. The second kappa shape index (κ2) is 41.5. The van der Waals surface area contributed by atoms with Gasteiger partial charge in [-0.05, 0) is 77.0 Å². The predicted molar refractivity (Wildman–Crippen MR) is 263 cm³/mol. The third kappa shape index (κ3) is 44.4. The number of allylic oxidation sites excluding steroid dienone is 20. The molecule has 0 amide bonds. The predicted octanol–water partition coefficient (Wildman–Crippen LogP) is 11.2. The zero-order valence-corrected chi connectivity index (χ0v) is 40.3. The van der Waals surface area contributed by atoms with Crippen LogP contribution in [-0.4, -0.2) is 97.3 Å². The minimum absolute atomic E-state index is 0.0209. The van der Waals surface area contributed by atoms with Crippen molar-refractivity contribution >= 4 is 19.8 Å². The van der Waals surface area contributed by atoms with Crippen molar-refractivity contribution in [2.45, 2.75) is 122 Å². The lowest BCUT2D eigenvalue weighted by atomic mass is 10.2. The first-order valence-corrected chi connectivity index (χ1v) is 24.3. The topological polar surface area (TPSA) is 149 Å². The molecule has 0 saturated heterocycles. The zero-order chi connectivity index (χ0) is 47.4. The molecule has 0 saturated carbocycles. The number of likely N-dealkylation sites (N-methyl/N-ethyl adjacent to an activating group) is 1. The quantitative estimate of drug-likeness (QED) is 0.0180. The van der Waals surface area contributed by atoms with Crippen molar-refractivity contribution in [3.63, 3.8) is 0 Å². The Labute approximate surface area is 386 Å². The molecular weight excluding hydrogens is 830 g/mol. The molecule has 0 aliphatic carbocycles. The van der Waals surface area contributed by atoms with Gasteiger partial charge < -0.3 is 29.1 Å². The molecule has 11 nitrogen and oxygen atoms in total. The number of phosphoric acid groups is 1. The molecule has 358 valence electrons. The molecular formula is C52H81NO10P+. The standard InChI is InChI=1S/C52H80NO10P/c1-6-8-10-11-12-13-14-15-16-17-18-19-20-21-22-23-24-29-37-43-52(57)63-50(47-62-64(58,59)61-45-44-53(3,4)5)46-60-51(56)42-36-28-26-25-27-33-39-49(55)41-35-31-30-34-40-48(54)38-32-9-7-2/h8-10,12-13,15-16,18-19,21-22,24,26-35,40-41,48-50,54-55H,6-7,11,14,17,20,23,25,36-39,42-47H2,1-5H3/p+1/b10-8-,13-12-,16-15-,19-18-,22-21-,28-26-,29-24-,31-30-,32-9-,33-27-,40-34+,41-35+/t48-,49+,50-/m1/s1. The number of carbonyl (C=O) groups is 2. The molecule has 1 unspecified atom stereocenters. The maximum absolute atomic E-state index is 12.7. The number of aliphatic hydroxyl groups is 2. The van der Waals surface area contributed by atoms with Crippen molar-refractivity contribution in [1.82, 2.24) is 0 Å². The Kier molecular flexibility index (Phi) is 38.8. The molecule has 0 aliphatic rings. The molecule has 64 heavy (non-hydrogen) atoms. The smallest absolute Gasteiger partial charge is 0.462 e. The summed E-state index contributed by atoms with van der Waals surface area (Å²) in [7, 11) is 1.30. The number of carbonyl (C=O) groups excluding carboxylic acids is 2. The van der Waals surface area contributed by atoms with Crippen LogP contribution in [0.4, 0.5) is 0 Å². The van der Waals surface area contributed by atoms with Crippen LogP contribution in [0, 0.1) is 0 Å². The van der Waals surface area contributed by atoms with E-state index in [9.17, 15) is 29.3 Å². The summed E-state index contributed by atoms with van der Waals surface area (Å²) >= 11 is 0. The van der Waals surface area contributed by atoms with Crippen LogP contribution in [0.15, 0.2) is 146 Å². The Bertz CT molecular complexity index is 1620. The first-order valence-electron chi connectivity index (χ1n) is 22.8. The SMILES string of the molecule is CC/C=C\C/C=C\C/C=C\C/C=C\C/C=C\C/C=C\CCC(=O)O[C@H](COC(=O)CC/C=C\C/C=C\C[C@H](O)/C=C/C=C\C=C\[C@H](O)C/C=C\CC)COP(=O)(O)OCC[N+](C)(C)C. The molecule has 0 aromatic rings. The number of hydrogen-bond acceptors (Lipinski definition) is 9. The van der Waals surface area contributed by atoms with Crippen LogP contribution >= 0.6 is 7.82 Å². The molecule has 0 fully saturated rings. The van der Waals surface area contributed by atoms with Crippen molar-refractivity contribution in [3.05, 3.63) is 146 Å². The molecule has 0 rings (SSSR count). The Balaban J connectivity index is 4.72.